The molecule has 1 aromatic heterocycles. The highest BCUT2D eigenvalue weighted by Crippen LogP contribution is 2.21. The lowest BCUT2D eigenvalue weighted by Crippen LogP contribution is -2.32. The molecule has 7 heteroatoms. The lowest BCUT2D eigenvalue weighted by molar-refractivity contribution is 0.0594. The van der Waals surface area contributed by atoms with Crippen LogP contribution in [0.25, 0.3) is 10.8 Å². The van der Waals surface area contributed by atoms with Crippen LogP contribution in [0.3, 0.4) is 0 Å². The van der Waals surface area contributed by atoms with E-state index < -0.39 is 5.97 Å². The van der Waals surface area contributed by atoms with Gasteiger partial charge in [-0.3, -0.25) is 4.79 Å². The van der Waals surface area contributed by atoms with Crippen molar-refractivity contribution >= 4 is 22.6 Å². The van der Waals surface area contributed by atoms with Crippen LogP contribution in [0.2, 0.25) is 0 Å². The number of benzene rings is 2. The molecule has 0 unspecified atom stereocenters. The quantitative estimate of drug-likeness (QED) is 0.439. The summed E-state index contributed by atoms with van der Waals surface area (Å²) in [6, 6.07) is 13.4. The summed E-state index contributed by atoms with van der Waals surface area (Å²) >= 11 is 0. The number of fused-ring (bicyclic) bond motifs is 1. The van der Waals surface area contributed by atoms with E-state index in [9.17, 15) is 9.59 Å². The fourth-order valence-corrected chi connectivity index (χ4v) is 2.98. The minimum absolute atomic E-state index is 0.0759. The highest BCUT2D eigenvalue weighted by molar-refractivity contribution is 6.07. The molecule has 0 aliphatic heterocycles. The maximum absolute atomic E-state index is 13.3. The summed E-state index contributed by atoms with van der Waals surface area (Å²) in [4.78, 5) is 30.6. The van der Waals surface area contributed by atoms with Crippen molar-refractivity contribution in [1.29, 1.82) is 0 Å². The van der Waals surface area contributed by atoms with Crippen molar-refractivity contribution in [3.05, 3.63) is 65.9 Å². The largest absolute Gasteiger partial charge is 0.464 e. The van der Waals surface area contributed by atoms with Gasteiger partial charge in [0.25, 0.3) is 5.91 Å². The van der Waals surface area contributed by atoms with Crippen molar-refractivity contribution in [3.63, 3.8) is 0 Å². The Morgan fingerprint density at radius 3 is 2.68 bits per heavy atom. The zero-order valence-corrected chi connectivity index (χ0v) is 15.9. The second-order valence-corrected chi connectivity index (χ2v) is 6.22. The molecule has 0 radical (unpaired) electrons. The lowest BCUT2D eigenvalue weighted by Gasteiger charge is -2.22. The first-order valence-corrected chi connectivity index (χ1v) is 8.92. The van der Waals surface area contributed by atoms with Gasteiger partial charge in [-0.2, -0.15) is 0 Å². The van der Waals surface area contributed by atoms with E-state index >= 15 is 0 Å². The molecule has 1 amide bonds. The maximum atomic E-state index is 13.3. The Bertz CT molecular complexity index is 961. The second-order valence-electron chi connectivity index (χ2n) is 6.22. The molecule has 28 heavy (non-hydrogen) atoms. The van der Waals surface area contributed by atoms with E-state index in [1.807, 2.05) is 42.5 Å². The summed E-state index contributed by atoms with van der Waals surface area (Å²) in [7, 11) is 2.89. The number of hydrogen-bond acceptors (Lipinski definition) is 6. The molecule has 0 spiro atoms. The van der Waals surface area contributed by atoms with Crippen molar-refractivity contribution in [3.8, 4) is 0 Å². The van der Waals surface area contributed by atoms with Gasteiger partial charge in [0.05, 0.1) is 13.7 Å². The Labute approximate surface area is 162 Å². The number of carbonyl (C=O) groups excluding carboxylic acids is 2. The topological polar surface area (TPSA) is 81.9 Å². The third-order valence-corrected chi connectivity index (χ3v) is 4.36. The van der Waals surface area contributed by atoms with E-state index in [-0.39, 0.29) is 24.0 Å². The summed E-state index contributed by atoms with van der Waals surface area (Å²) in [5.41, 5.74) is 0.683. The van der Waals surface area contributed by atoms with Gasteiger partial charge in [0.1, 0.15) is 6.26 Å². The number of amides is 1. The fourth-order valence-electron chi connectivity index (χ4n) is 2.98. The Balaban J connectivity index is 1.87. The van der Waals surface area contributed by atoms with Crippen molar-refractivity contribution in [2.24, 2.45) is 0 Å². The molecule has 0 bridgehead atoms. The van der Waals surface area contributed by atoms with E-state index in [1.54, 1.807) is 12.0 Å². The minimum Gasteiger partial charge on any atom is -0.464 e. The van der Waals surface area contributed by atoms with Crippen LogP contribution in [0.15, 0.2) is 53.1 Å². The molecular weight excluding hydrogens is 360 g/mol. The van der Waals surface area contributed by atoms with Crippen molar-refractivity contribution in [1.82, 2.24) is 9.88 Å². The standard InChI is InChI=1S/C21H22N2O5/c1-26-12-6-11-23(13-19-22-18(14-28-19)21(25)27-2)20(24)17-10-5-8-15-7-3-4-9-16(15)17/h3-5,7-10,14H,6,11-13H2,1-2H3. The van der Waals surface area contributed by atoms with E-state index in [0.29, 0.717) is 25.1 Å². The summed E-state index contributed by atoms with van der Waals surface area (Å²) in [6.07, 6.45) is 1.90. The number of hydrogen-bond donors (Lipinski definition) is 0. The van der Waals surface area contributed by atoms with Gasteiger partial charge in [0.2, 0.25) is 5.89 Å². The highest BCUT2D eigenvalue weighted by atomic mass is 16.5. The second kappa shape index (κ2) is 9.14. The predicted octanol–water partition coefficient (Wildman–Crippen LogP) is 3.29. The summed E-state index contributed by atoms with van der Waals surface area (Å²) < 4.78 is 15.1. The van der Waals surface area contributed by atoms with Gasteiger partial charge in [-0.25, -0.2) is 9.78 Å². The molecule has 3 rings (SSSR count). The van der Waals surface area contributed by atoms with E-state index in [2.05, 4.69) is 9.72 Å². The highest BCUT2D eigenvalue weighted by Gasteiger charge is 2.21. The molecule has 0 aliphatic rings. The van der Waals surface area contributed by atoms with Crippen molar-refractivity contribution < 1.29 is 23.5 Å². The zero-order valence-electron chi connectivity index (χ0n) is 15.9. The summed E-state index contributed by atoms with van der Waals surface area (Å²) in [5.74, 6) is -0.446. The monoisotopic (exact) mass is 382 g/mol. The molecule has 0 saturated carbocycles. The van der Waals surface area contributed by atoms with Gasteiger partial charge in [0, 0.05) is 25.8 Å². The van der Waals surface area contributed by atoms with Crippen LogP contribution in [0.4, 0.5) is 0 Å². The van der Waals surface area contributed by atoms with Crippen LogP contribution in [0, 0.1) is 0 Å². The Kier molecular flexibility index (Phi) is 6.39. The van der Waals surface area contributed by atoms with E-state index in [4.69, 9.17) is 9.15 Å². The lowest BCUT2D eigenvalue weighted by atomic mass is 10.0. The molecule has 0 atom stereocenters. The maximum Gasteiger partial charge on any atom is 0.360 e. The van der Waals surface area contributed by atoms with Gasteiger partial charge >= 0.3 is 5.97 Å². The molecule has 7 nitrogen and oxygen atoms in total. The Morgan fingerprint density at radius 2 is 1.89 bits per heavy atom. The zero-order chi connectivity index (χ0) is 19.9. The van der Waals surface area contributed by atoms with Gasteiger partial charge in [-0.1, -0.05) is 36.4 Å². The normalized spacial score (nSPS) is 10.8. The fraction of sp³-hybridized carbons (Fsp3) is 0.286. The number of aromatic nitrogens is 1. The molecule has 0 saturated heterocycles. The van der Waals surface area contributed by atoms with Crippen LogP contribution in [-0.2, 0) is 16.0 Å². The molecule has 3 aromatic rings. The van der Waals surface area contributed by atoms with Crippen LogP contribution >= 0.6 is 0 Å². The number of ether oxygens (including phenoxy) is 2. The van der Waals surface area contributed by atoms with Crippen LogP contribution in [0.5, 0.6) is 0 Å². The van der Waals surface area contributed by atoms with Crippen molar-refractivity contribution in [2.45, 2.75) is 13.0 Å². The van der Waals surface area contributed by atoms with Gasteiger partial charge in [0.15, 0.2) is 5.69 Å². The molecular formula is C21H22N2O5. The predicted molar refractivity (Wildman–Crippen MR) is 103 cm³/mol. The van der Waals surface area contributed by atoms with Gasteiger partial charge in [-0.05, 0) is 23.3 Å². The van der Waals surface area contributed by atoms with Crippen molar-refractivity contribution in [2.75, 3.05) is 27.4 Å². The number of esters is 1. The number of carbonyl (C=O) groups is 2. The van der Waals surface area contributed by atoms with E-state index in [1.165, 1.54) is 13.4 Å². The number of oxazole rings is 1. The first-order valence-electron chi connectivity index (χ1n) is 8.92. The smallest absolute Gasteiger partial charge is 0.360 e. The first kappa shape index (κ1) is 19.6. The number of methoxy groups -OCH3 is 2. The average molecular weight is 382 g/mol. The first-order chi connectivity index (χ1) is 13.6. The summed E-state index contributed by atoms with van der Waals surface area (Å²) in [5, 5.41) is 1.88. The molecule has 1 heterocycles. The SMILES string of the molecule is COCCCN(Cc1nc(C(=O)OC)co1)C(=O)c1cccc2ccccc12. The number of nitrogens with zero attached hydrogens (tertiary/aromatic N) is 2. The molecule has 0 fully saturated rings. The van der Waals surface area contributed by atoms with Crippen LogP contribution < -0.4 is 0 Å². The third-order valence-electron chi connectivity index (χ3n) is 4.36. The van der Waals surface area contributed by atoms with Gasteiger partial charge < -0.3 is 18.8 Å². The minimum atomic E-state index is -0.582. The molecule has 2 aromatic carbocycles. The Morgan fingerprint density at radius 1 is 1.11 bits per heavy atom. The molecule has 146 valence electrons. The van der Waals surface area contributed by atoms with Crippen LogP contribution in [-0.4, -0.2) is 49.1 Å². The number of rotatable bonds is 8. The van der Waals surface area contributed by atoms with Gasteiger partial charge in [-0.15, -0.1) is 0 Å². The molecule has 0 aliphatic carbocycles. The Hall–Kier alpha value is -3.19. The average Bonchev–Trinajstić information content (AvgIpc) is 3.20. The molecule has 0 N–H and O–H groups in total. The summed E-state index contributed by atoms with van der Waals surface area (Å²) in [6.45, 7) is 1.13. The van der Waals surface area contributed by atoms with E-state index in [0.717, 1.165) is 10.8 Å². The third kappa shape index (κ3) is 4.37. The van der Waals surface area contributed by atoms with Crippen LogP contribution in [0.1, 0.15) is 33.2 Å².